The highest BCUT2D eigenvalue weighted by atomic mass is 16.7. The Balaban J connectivity index is 2.01. The van der Waals surface area contributed by atoms with Gasteiger partial charge in [-0.1, -0.05) is 13.0 Å². The minimum Gasteiger partial charge on any atom is -0.454 e. The van der Waals surface area contributed by atoms with Crippen molar-refractivity contribution in [2.45, 2.75) is 32.2 Å². The van der Waals surface area contributed by atoms with Crippen molar-refractivity contribution >= 4 is 0 Å². The molecule has 0 fully saturated rings. The van der Waals surface area contributed by atoms with Crippen molar-refractivity contribution in [2.75, 3.05) is 26.9 Å². The molecular weight excluding hydrogens is 240 g/mol. The Morgan fingerprint density at radius 3 is 2.74 bits per heavy atom. The van der Waals surface area contributed by atoms with Gasteiger partial charge in [0.2, 0.25) is 6.79 Å². The fourth-order valence-electron chi connectivity index (χ4n) is 2.34. The van der Waals surface area contributed by atoms with Crippen molar-refractivity contribution in [1.29, 1.82) is 0 Å². The summed E-state index contributed by atoms with van der Waals surface area (Å²) in [7, 11) is 2.13. The topological polar surface area (TPSA) is 47.7 Å². The molecule has 2 rings (SSSR count). The monoisotopic (exact) mass is 264 g/mol. The molecule has 0 spiro atoms. The van der Waals surface area contributed by atoms with E-state index in [1.54, 1.807) is 0 Å². The zero-order valence-electron chi connectivity index (χ0n) is 12.1. The van der Waals surface area contributed by atoms with E-state index < -0.39 is 0 Å². The van der Waals surface area contributed by atoms with Gasteiger partial charge in [0.25, 0.3) is 0 Å². The normalized spacial score (nSPS) is 16.7. The third-order valence-corrected chi connectivity index (χ3v) is 4.22. The lowest BCUT2D eigenvalue weighted by molar-refractivity contribution is 0.142. The van der Waals surface area contributed by atoms with Gasteiger partial charge in [0, 0.05) is 12.1 Å². The van der Waals surface area contributed by atoms with E-state index >= 15 is 0 Å². The van der Waals surface area contributed by atoms with Crippen LogP contribution in [0.15, 0.2) is 18.2 Å². The second-order valence-electron chi connectivity index (χ2n) is 5.40. The Bertz CT molecular complexity index is 436. The summed E-state index contributed by atoms with van der Waals surface area (Å²) in [6, 6.07) is 6.17. The molecule has 1 atom stereocenters. The van der Waals surface area contributed by atoms with Gasteiger partial charge in [-0.15, -0.1) is 0 Å². The molecule has 106 valence electrons. The summed E-state index contributed by atoms with van der Waals surface area (Å²) in [4.78, 5) is 2.32. The molecule has 4 heteroatoms. The first-order valence-electron chi connectivity index (χ1n) is 6.89. The number of ether oxygens (including phenoxy) is 2. The maximum absolute atomic E-state index is 5.95. The van der Waals surface area contributed by atoms with Crippen LogP contribution in [0.2, 0.25) is 0 Å². The first kappa shape index (κ1) is 14.2. The summed E-state index contributed by atoms with van der Waals surface area (Å²) < 4.78 is 10.7. The molecule has 1 aliphatic rings. The van der Waals surface area contributed by atoms with E-state index in [1.807, 2.05) is 6.07 Å². The van der Waals surface area contributed by atoms with E-state index in [1.165, 1.54) is 5.56 Å². The quantitative estimate of drug-likeness (QED) is 0.854. The highest BCUT2D eigenvalue weighted by molar-refractivity contribution is 5.44. The number of hydrogen-bond donors (Lipinski definition) is 1. The number of benzene rings is 1. The molecule has 1 aromatic rings. The van der Waals surface area contributed by atoms with Crippen LogP contribution >= 0.6 is 0 Å². The molecule has 0 amide bonds. The van der Waals surface area contributed by atoms with Crippen LogP contribution < -0.4 is 15.2 Å². The molecule has 0 aliphatic carbocycles. The molecule has 2 N–H and O–H groups in total. The summed E-state index contributed by atoms with van der Waals surface area (Å²) in [5.74, 6) is 1.70. The molecule has 1 unspecified atom stereocenters. The lowest BCUT2D eigenvalue weighted by Crippen LogP contribution is -2.49. The fourth-order valence-corrected chi connectivity index (χ4v) is 2.34. The van der Waals surface area contributed by atoms with Gasteiger partial charge < -0.3 is 15.2 Å². The molecule has 1 aliphatic heterocycles. The minimum absolute atomic E-state index is 0.0467. The first-order valence-corrected chi connectivity index (χ1v) is 6.89. The molecule has 0 bridgehead atoms. The number of aryl methyl sites for hydroxylation is 1. The molecule has 1 aromatic carbocycles. The highest BCUT2D eigenvalue weighted by Gasteiger charge is 2.26. The molecular formula is C15H24N2O2. The standard InChI is InChI=1S/C15H24N2O2/c1-4-17(3)15(2,10-16)8-7-12-5-6-13-14(9-12)19-11-18-13/h5-6,9H,4,7-8,10-11,16H2,1-3H3. The second-order valence-corrected chi connectivity index (χ2v) is 5.40. The summed E-state index contributed by atoms with van der Waals surface area (Å²) in [5, 5.41) is 0. The van der Waals surface area contributed by atoms with Gasteiger partial charge in [-0.05, 0) is 51.1 Å². The number of hydrogen-bond acceptors (Lipinski definition) is 4. The number of nitrogens with two attached hydrogens (primary N) is 1. The third-order valence-electron chi connectivity index (χ3n) is 4.22. The first-order chi connectivity index (χ1) is 9.09. The van der Waals surface area contributed by atoms with Crippen LogP contribution in [-0.2, 0) is 6.42 Å². The van der Waals surface area contributed by atoms with E-state index in [4.69, 9.17) is 15.2 Å². The minimum atomic E-state index is 0.0467. The van der Waals surface area contributed by atoms with Crippen LogP contribution in [0.25, 0.3) is 0 Å². The van der Waals surface area contributed by atoms with Crippen LogP contribution in [-0.4, -0.2) is 37.4 Å². The van der Waals surface area contributed by atoms with Crippen molar-refractivity contribution in [3.05, 3.63) is 23.8 Å². The van der Waals surface area contributed by atoms with Gasteiger partial charge in [0.15, 0.2) is 11.5 Å². The average Bonchev–Trinajstić information content (AvgIpc) is 2.91. The lowest BCUT2D eigenvalue weighted by Gasteiger charge is -2.37. The fraction of sp³-hybridized carbons (Fsp3) is 0.600. The number of likely N-dealkylation sites (N-methyl/N-ethyl adjacent to an activating group) is 1. The van der Waals surface area contributed by atoms with Crippen molar-refractivity contribution in [1.82, 2.24) is 4.90 Å². The zero-order chi connectivity index (χ0) is 13.9. The van der Waals surface area contributed by atoms with Crippen LogP contribution in [0.1, 0.15) is 25.8 Å². The number of fused-ring (bicyclic) bond motifs is 1. The molecule has 19 heavy (non-hydrogen) atoms. The van der Waals surface area contributed by atoms with Crippen LogP contribution in [0.5, 0.6) is 11.5 Å². The number of nitrogens with zero attached hydrogens (tertiary/aromatic N) is 1. The van der Waals surface area contributed by atoms with Gasteiger partial charge in [-0.3, -0.25) is 4.90 Å². The van der Waals surface area contributed by atoms with Gasteiger partial charge in [-0.2, -0.15) is 0 Å². The van der Waals surface area contributed by atoms with E-state index in [0.29, 0.717) is 13.3 Å². The van der Waals surface area contributed by atoms with Gasteiger partial charge in [-0.25, -0.2) is 0 Å². The van der Waals surface area contributed by atoms with Crippen molar-refractivity contribution in [3.8, 4) is 11.5 Å². The summed E-state index contributed by atoms with van der Waals surface area (Å²) in [6.45, 7) is 6.40. The van der Waals surface area contributed by atoms with Crippen molar-refractivity contribution < 1.29 is 9.47 Å². The highest BCUT2D eigenvalue weighted by Crippen LogP contribution is 2.33. The Labute approximate surface area is 115 Å². The van der Waals surface area contributed by atoms with E-state index in [2.05, 4.69) is 37.9 Å². The summed E-state index contributed by atoms with van der Waals surface area (Å²) in [6.07, 6.45) is 2.03. The van der Waals surface area contributed by atoms with Gasteiger partial charge in [0.1, 0.15) is 0 Å². The summed E-state index contributed by atoms with van der Waals surface area (Å²) in [5.41, 5.74) is 7.27. The van der Waals surface area contributed by atoms with Crippen LogP contribution in [0.4, 0.5) is 0 Å². The molecule has 0 saturated carbocycles. The molecule has 0 saturated heterocycles. The van der Waals surface area contributed by atoms with Gasteiger partial charge >= 0.3 is 0 Å². The average molecular weight is 264 g/mol. The predicted octanol–water partition coefficient (Wildman–Crippen LogP) is 2.02. The largest absolute Gasteiger partial charge is 0.454 e. The lowest BCUT2D eigenvalue weighted by atomic mass is 9.91. The SMILES string of the molecule is CCN(C)C(C)(CN)CCc1ccc2c(c1)OCO2. The Morgan fingerprint density at radius 2 is 2.05 bits per heavy atom. The van der Waals surface area contributed by atoms with Crippen LogP contribution in [0.3, 0.4) is 0 Å². The molecule has 1 heterocycles. The third kappa shape index (κ3) is 3.01. The number of rotatable bonds is 6. The molecule has 0 aromatic heterocycles. The smallest absolute Gasteiger partial charge is 0.231 e. The van der Waals surface area contributed by atoms with Crippen LogP contribution in [0, 0.1) is 0 Å². The molecule has 4 nitrogen and oxygen atoms in total. The maximum Gasteiger partial charge on any atom is 0.231 e. The summed E-state index contributed by atoms with van der Waals surface area (Å²) >= 11 is 0. The zero-order valence-corrected chi connectivity index (χ0v) is 12.1. The van der Waals surface area contributed by atoms with Crippen molar-refractivity contribution in [2.24, 2.45) is 5.73 Å². The van der Waals surface area contributed by atoms with E-state index in [9.17, 15) is 0 Å². The molecule has 0 radical (unpaired) electrons. The Kier molecular flexibility index (Phi) is 4.32. The predicted molar refractivity (Wildman–Crippen MR) is 76.6 cm³/mol. The maximum atomic E-state index is 5.95. The van der Waals surface area contributed by atoms with E-state index in [0.717, 1.165) is 30.9 Å². The Hall–Kier alpha value is -1.26. The van der Waals surface area contributed by atoms with E-state index in [-0.39, 0.29) is 5.54 Å². The Morgan fingerprint density at radius 1 is 1.32 bits per heavy atom. The van der Waals surface area contributed by atoms with Gasteiger partial charge in [0.05, 0.1) is 0 Å². The second kappa shape index (κ2) is 5.80. The van der Waals surface area contributed by atoms with Crippen molar-refractivity contribution in [3.63, 3.8) is 0 Å².